The lowest BCUT2D eigenvalue weighted by molar-refractivity contribution is -0.137. The number of nitrogens with one attached hydrogen (secondary N) is 2. The Kier molecular flexibility index (Phi) is 4.26. The average Bonchev–Trinajstić information content (AvgIpc) is 3.23. The zero-order chi connectivity index (χ0) is 17.4. The van der Waals surface area contributed by atoms with Gasteiger partial charge < -0.3 is 15.5 Å². The molecule has 1 spiro atoms. The highest BCUT2D eigenvalue weighted by Gasteiger charge is 2.54. The fraction of sp³-hybridized carbons (Fsp3) is 0.611. The molecule has 0 bridgehead atoms. The third-order valence-electron chi connectivity index (χ3n) is 5.97. The van der Waals surface area contributed by atoms with Gasteiger partial charge in [0, 0.05) is 42.4 Å². The quantitative estimate of drug-likeness (QED) is 0.840. The molecule has 2 amide bonds. The van der Waals surface area contributed by atoms with E-state index in [0.29, 0.717) is 6.54 Å². The van der Waals surface area contributed by atoms with Gasteiger partial charge in [-0.25, -0.2) is 0 Å². The van der Waals surface area contributed by atoms with E-state index < -0.39 is 0 Å². The van der Waals surface area contributed by atoms with E-state index >= 15 is 0 Å². The van der Waals surface area contributed by atoms with Crippen molar-refractivity contribution in [3.63, 3.8) is 0 Å². The largest absolute Gasteiger partial charge is 0.347 e. The van der Waals surface area contributed by atoms with Gasteiger partial charge in [0.05, 0.1) is 18.5 Å². The SMILES string of the molecule is N#CC1CNCC12CC(C(=O)NCC(=O)N1CCc3sccc3C1)C2. The van der Waals surface area contributed by atoms with Crippen LogP contribution in [0.15, 0.2) is 11.4 Å². The Morgan fingerprint density at radius 3 is 3.12 bits per heavy atom. The fourth-order valence-electron chi connectivity index (χ4n) is 4.40. The van der Waals surface area contributed by atoms with Gasteiger partial charge in [0.1, 0.15) is 0 Å². The Hall–Kier alpha value is -1.91. The summed E-state index contributed by atoms with van der Waals surface area (Å²) in [5, 5.41) is 17.4. The molecule has 0 radical (unpaired) electrons. The minimum Gasteiger partial charge on any atom is -0.347 e. The number of rotatable bonds is 3. The van der Waals surface area contributed by atoms with Gasteiger partial charge in [-0.1, -0.05) is 0 Å². The second-order valence-corrected chi connectivity index (χ2v) is 8.43. The number of hydrogen-bond donors (Lipinski definition) is 2. The van der Waals surface area contributed by atoms with E-state index in [1.807, 2.05) is 4.90 Å². The van der Waals surface area contributed by atoms with Gasteiger partial charge >= 0.3 is 0 Å². The molecule has 2 N–H and O–H groups in total. The van der Waals surface area contributed by atoms with Gasteiger partial charge in [0.25, 0.3) is 0 Å². The minimum absolute atomic E-state index is 0.00587. The molecule has 2 fully saturated rings. The lowest BCUT2D eigenvalue weighted by Crippen LogP contribution is -2.51. The van der Waals surface area contributed by atoms with E-state index in [2.05, 4.69) is 28.1 Å². The highest BCUT2D eigenvalue weighted by molar-refractivity contribution is 7.10. The molecular formula is C18H22N4O2S. The van der Waals surface area contributed by atoms with Crippen molar-refractivity contribution in [2.45, 2.75) is 25.8 Å². The summed E-state index contributed by atoms with van der Waals surface area (Å²) in [6, 6.07) is 4.44. The molecule has 1 saturated carbocycles. The van der Waals surface area contributed by atoms with E-state index in [4.69, 9.17) is 0 Å². The van der Waals surface area contributed by atoms with Crippen LogP contribution >= 0.6 is 11.3 Å². The van der Waals surface area contributed by atoms with Crippen molar-refractivity contribution >= 4 is 23.2 Å². The topological polar surface area (TPSA) is 85.2 Å². The fourth-order valence-corrected chi connectivity index (χ4v) is 5.29. The molecule has 1 aliphatic carbocycles. The van der Waals surface area contributed by atoms with Crippen molar-refractivity contribution in [2.75, 3.05) is 26.2 Å². The van der Waals surface area contributed by atoms with Crippen molar-refractivity contribution < 1.29 is 9.59 Å². The molecule has 6 nitrogen and oxygen atoms in total. The third kappa shape index (κ3) is 2.94. The average molecular weight is 358 g/mol. The van der Waals surface area contributed by atoms with Gasteiger partial charge in [-0.2, -0.15) is 5.26 Å². The summed E-state index contributed by atoms with van der Waals surface area (Å²) in [6.07, 6.45) is 2.40. The van der Waals surface area contributed by atoms with Crippen molar-refractivity contribution in [1.29, 1.82) is 5.26 Å². The lowest BCUT2D eigenvalue weighted by Gasteiger charge is -2.45. The van der Waals surface area contributed by atoms with Crippen LogP contribution in [0.25, 0.3) is 0 Å². The molecule has 25 heavy (non-hydrogen) atoms. The third-order valence-corrected chi connectivity index (χ3v) is 6.99. The Morgan fingerprint density at radius 1 is 1.48 bits per heavy atom. The smallest absolute Gasteiger partial charge is 0.242 e. The van der Waals surface area contributed by atoms with Gasteiger partial charge in [-0.05, 0) is 36.3 Å². The van der Waals surface area contributed by atoms with Crippen LogP contribution in [-0.2, 0) is 22.6 Å². The van der Waals surface area contributed by atoms with Crippen molar-refractivity contribution in [2.24, 2.45) is 17.3 Å². The summed E-state index contributed by atoms with van der Waals surface area (Å²) in [6.45, 7) is 3.00. The first-order valence-corrected chi connectivity index (χ1v) is 9.70. The molecule has 1 saturated heterocycles. The van der Waals surface area contributed by atoms with E-state index in [-0.39, 0.29) is 35.6 Å². The molecule has 0 aromatic carbocycles. The molecule has 132 valence electrons. The number of amides is 2. The summed E-state index contributed by atoms with van der Waals surface area (Å²) < 4.78 is 0. The molecule has 2 aliphatic heterocycles. The van der Waals surface area contributed by atoms with Gasteiger partial charge in [-0.15, -0.1) is 11.3 Å². The van der Waals surface area contributed by atoms with E-state index in [1.54, 1.807) is 11.3 Å². The first kappa shape index (κ1) is 16.6. The maximum Gasteiger partial charge on any atom is 0.242 e. The first-order valence-electron chi connectivity index (χ1n) is 8.82. The summed E-state index contributed by atoms with van der Waals surface area (Å²) in [5.41, 5.74) is 1.20. The Bertz CT molecular complexity index is 732. The number of thiophene rings is 1. The molecule has 1 unspecified atom stereocenters. The van der Waals surface area contributed by atoms with Crippen LogP contribution in [0.4, 0.5) is 0 Å². The molecule has 1 atom stereocenters. The standard InChI is InChI=1S/C18H22N4O2S/c19-7-14-8-20-11-18(14)5-13(6-18)17(24)21-9-16(23)22-3-1-15-12(10-22)2-4-25-15/h2,4,13-14,20H,1,3,5-6,8-11H2,(H,21,24). The number of nitrogens with zero attached hydrogens (tertiary/aromatic N) is 2. The van der Waals surface area contributed by atoms with Crippen LogP contribution in [0.5, 0.6) is 0 Å². The predicted octanol–water partition coefficient (Wildman–Crippen LogP) is 0.888. The first-order chi connectivity index (χ1) is 12.1. The molecular weight excluding hydrogens is 336 g/mol. The second kappa shape index (κ2) is 6.43. The normalized spacial score (nSPS) is 30.4. The number of carbonyl (C=O) groups excluding carboxylic acids is 2. The Morgan fingerprint density at radius 2 is 2.32 bits per heavy atom. The molecule has 3 aliphatic rings. The van der Waals surface area contributed by atoms with E-state index in [1.165, 1.54) is 10.4 Å². The van der Waals surface area contributed by atoms with Crippen LogP contribution in [0, 0.1) is 28.6 Å². The summed E-state index contributed by atoms with van der Waals surface area (Å²) in [7, 11) is 0. The number of fused-ring (bicyclic) bond motifs is 1. The highest BCUT2D eigenvalue weighted by atomic mass is 32.1. The lowest BCUT2D eigenvalue weighted by atomic mass is 9.57. The summed E-state index contributed by atoms with van der Waals surface area (Å²) in [5.74, 6) is -0.118. The molecule has 1 aromatic heterocycles. The van der Waals surface area contributed by atoms with Crippen LogP contribution in [-0.4, -0.2) is 42.9 Å². The van der Waals surface area contributed by atoms with Gasteiger partial charge in [0.15, 0.2) is 0 Å². The van der Waals surface area contributed by atoms with Crippen molar-refractivity contribution in [3.8, 4) is 6.07 Å². The van der Waals surface area contributed by atoms with Gasteiger partial charge in [-0.3, -0.25) is 9.59 Å². The predicted molar refractivity (Wildman–Crippen MR) is 93.6 cm³/mol. The second-order valence-electron chi connectivity index (χ2n) is 7.43. The van der Waals surface area contributed by atoms with Crippen LogP contribution in [0.2, 0.25) is 0 Å². The van der Waals surface area contributed by atoms with E-state index in [0.717, 1.165) is 38.9 Å². The summed E-state index contributed by atoms with van der Waals surface area (Å²) >= 11 is 1.75. The molecule has 3 heterocycles. The zero-order valence-electron chi connectivity index (χ0n) is 14.1. The van der Waals surface area contributed by atoms with Crippen molar-refractivity contribution in [3.05, 3.63) is 21.9 Å². The maximum absolute atomic E-state index is 12.4. The number of carbonyl (C=O) groups is 2. The zero-order valence-corrected chi connectivity index (χ0v) is 14.9. The monoisotopic (exact) mass is 358 g/mol. The number of hydrogen-bond acceptors (Lipinski definition) is 5. The molecule has 4 rings (SSSR count). The Labute approximate surface area is 151 Å². The maximum atomic E-state index is 12.4. The Balaban J connectivity index is 1.25. The van der Waals surface area contributed by atoms with E-state index in [9.17, 15) is 14.9 Å². The van der Waals surface area contributed by atoms with Crippen LogP contribution in [0.1, 0.15) is 23.3 Å². The van der Waals surface area contributed by atoms with Crippen LogP contribution < -0.4 is 10.6 Å². The van der Waals surface area contributed by atoms with Crippen molar-refractivity contribution in [1.82, 2.24) is 15.5 Å². The highest BCUT2D eigenvalue weighted by Crippen LogP contribution is 2.52. The molecule has 7 heteroatoms. The number of nitriles is 1. The summed E-state index contributed by atoms with van der Waals surface area (Å²) in [4.78, 5) is 27.9. The minimum atomic E-state index is -0.0617. The van der Waals surface area contributed by atoms with Crippen LogP contribution in [0.3, 0.4) is 0 Å². The molecule has 1 aromatic rings. The van der Waals surface area contributed by atoms with Gasteiger partial charge in [0.2, 0.25) is 11.8 Å².